The number of hydrogen-bond acceptors (Lipinski definition) is 2. The lowest BCUT2D eigenvalue weighted by Gasteiger charge is -2.29. The maximum Gasteiger partial charge on any atom is 0.0540 e. The first-order chi connectivity index (χ1) is 30.6. The molecule has 0 bridgehead atoms. The molecule has 0 amide bonds. The van der Waals surface area contributed by atoms with Crippen LogP contribution in [-0.2, 0) is 10.8 Å². The van der Waals surface area contributed by atoms with Crippen LogP contribution in [0.4, 0.5) is 34.1 Å². The summed E-state index contributed by atoms with van der Waals surface area (Å²) in [5.74, 6) is 0. The Balaban J connectivity index is 0.900. The van der Waals surface area contributed by atoms with Gasteiger partial charge in [0.15, 0.2) is 0 Å². The van der Waals surface area contributed by atoms with Crippen LogP contribution in [0.1, 0.15) is 66.6 Å². The lowest BCUT2D eigenvalue weighted by atomic mass is 9.81. The summed E-state index contributed by atoms with van der Waals surface area (Å²) in [6.07, 6.45) is 4.58. The molecule has 0 atom stereocenters. The van der Waals surface area contributed by atoms with Crippen LogP contribution in [-0.4, -0.2) is 0 Å². The molecule has 0 fully saturated rings. The predicted octanol–water partition coefficient (Wildman–Crippen LogP) is 16.9. The molecule has 0 heterocycles. The summed E-state index contributed by atoms with van der Waals surface area (Å²) in [5.41, 5.74) is 21.0. The van der Waals surface area contributed by atoms with E-state index in [2.05, 4.69) is 257 Å². The van der Waals surface area contributed by atoms with Gasteiger partial charge in [0.2, 0.25) is 0 Å². The molecule has 9 aromatic carbocycles. The van der Waals surface area contributed by atoms with Gasteiger partial charge in [0.25, 0.3) is 0 Å². The third-order valence-electron chi connectivity index (χ3n) is 13.6. The topological polar surface area (TPSA) is 6.48 Å². The zero-order valence-corrected chi connectivity index (χ0v) is 36.6. The van der Waals surface area contributed by atoms with Crippen molar-refractivity contribution in [2.45, 2.75) is 45.4 Å². The fraction of sp³-hybridized carbons (Fsp3) is 0.115. The summed E-state index contributed by atoms with van der Waals surface area (Å²) >= 11 is 0. The molecule has 0 aromatic heterocycles. The van der Waals surface area contributed by atoms with E-state index in [0.29, 0.717) is 0 Å². The van der Waals surface area contributed by atoms with E-state index in [4.69, 9.17) is 0 Å². The highest BCUT2D eigenvalue weighted by molar-refractivity contribution is 5.99. The van der Waals surface area contributed by atoms with Crippen LogP contribution in [0.3, 0.4) is 0 Å². The van der Waals surface area contributed by atoms with Crippen molar-refractivity contribution in [1.29, 1.82) is 0 Å². The van der Waals surface area contributed by atoms with E-state index in [9.17, 15) is 0 Å². The van der Waals surface area contributed by atoms with Gasteiger partial charge in [-0.05, 0) is 140 Å². The second-order valence-electron chi connectivity index (χ2n) is 18.3. The van der Waals surface area contributed by atoms with Crippen LogP contribution >= 0.6 is 0 Å². The molecule has 0 saturated carbocycles. The number of rotatable bonds is 8. The number of nitrogens with zero attached hydrogens (tertiary/aromatic N) is 2. The fourth-order valence-corrected chi connectivity index (χ4v) is 10.4. The van der Waals surface area contributed by atoms with E-state index in [1.165, 1.54) is 89.0 Å². The first-order valence-electron chi connectivity index (χ1n) is 22.2. The monoisotopic (exact) mass is 810 g/mol. The number of anilines is 6. The van der Waals surface area contributed by atoms with Crippen molar-refractivity contribution in [2.75, 3.05) is 9.80 Å². The minimum absolute atomic E-state index is 0.158. The van der Waals surface area contributed by atoms with Gasteiger partial charge in [-0.3, -0.25) is 0 Å². The van der Waals surface area contributed by atoms with Crippen molar-refractivity contribution in [2.24, 2.45) is 0 Å². The van der Waals surface area contributed by atoms with Gasteiger partial charge in [0.05, 0.1) is 5.69 Å². The van der Waals surface area contributed by atoms with Gasteiger partial charge in [-0.2, -0.15) is 0 Å². The minimum Gasteiger partial charge on any atom is -0.310 e. The van der Waals surface area contributed by atoms with E-state index >= 15 is 0 Å². The number of benzene rings is 9. The molecule has 2 nitrogen and oxygen atoms in total. The standard InChI is InChI=1S/C61H50N2/c1-41-16-14-23-47(36-41)63(59-25-15-18-44-17-12-13-24-50(44)59)49-31-35-54-52-33-29-43(38-56(52)61(4,5)58(54)40-49)27-26-42-28-32-51-53-34-30-48(39-57(53)60(2,3)55(51)37-42)62(45-19-8-6-9-20-45)46-21-10-7-11-22-46/h6-40H,1-5H3/b27-26+. The van der Waals surface area contributed by atoms with Gasteiger partial charge >= 0.3 is 0 Å². The molecule has 304 valence electrons. The first kappa shape index (κ1) is 38.5. The normalized spacial score (nSPS) is 14.0. The van der Waals surface area contributed by atoms with Gasteiger partial charge in [0.1, 0.15) is 0 Å². The molecule has 2 aliphatic rings. The Morgan fingerprint density at radius 2 is 0.778 bits per heavy atom. The Labute approximate surface area is 372 Å². The highest BCUT2D eigenvalue weighted by Crippen LogP contribution is 2.53. The molecule has 0 aliphatic heterocycles. The number of hydrogen-bond donors (Lipinski definition) is 0. The number of aryl methyl sites for hydroxylation is 1. The smallest absolute Gasteiger partial charge is 0.0540 e. The van der Waals surface area contributed by atoms with Crippen LogP contribution in [0.25, 0.3) is 45.2 Å². The summed E-state index contributed by atoms with van der Waals surface area (Å²) in [5, 5.41) is 2.47. The summed E-state index contributed by atoms with van der Waals surface area (Å²) in [4.78, 5) is 4.79. The second kappa shape index (κ2) is 14.9. The van der Waals surface area contributed by atoms with Crippen molar-refractivity contribution >= 4 is 57.0 Å². The lowest BCUT2D eigenvalue weighted by Crippen LogP contribution is -2.17. The molecule has 0 unspecified atom stereocenters. The van der Waals surface area contributed by atoms with Crippen molar-refractivity contribution < 1.29 is 0 Å². The third kappa shape index (κ3) is 6.48. The van der Waals surface area contributed by atoms with E-state index in [1.807, 2.05) is 0 Å². The van der Waals surface area contributed by atoms with Crippen LogP contribution in [0.15, 0.2) is 200 Å². The van der Waals surface area contributed by atoms with Gasteiger partial charge in [-0.1, -0.05) is 173 Å². The van der Waals surface area contributed by atoms with Crippen molar-refractivity contribution in [3.05, 3.63) is 239 Å². The average Bonchev–Trinajstić information content (AvgIpc) is 3.67. The molecule has 0 spiro atoms. The third-order valence-corrected chi connectivity index (χ3v) is 13.6. The Bertz CT molecular complexity index is 3200. The van der Waals surface area contributed by atoms with E-state index in [-0.39, 0.29) is 10.8 Å². The zero-order chi connectivity index (χ0) is 42.9. The van der Waals surface area contributed by atoms with Crippen LogP contribution in [0.5, 0.6) is 0 Å². The number of para-hydroxylation sites is 2. The zero-order valence-electron chi connectivity index (χ0n) is 36.6. The quantitative estimate of drug-likeness (QED) is 0.141. The van der Waals surface area contributed by atoms with Gasteiger partial charge in [-0.25, -0.2) is 0 Å². The number of fused-ring (bicyclic) bond motifs is 7. The molecular weight excluding hydrogens is 761 g/mol. The maximum absolute atomic E-state index is 2.43. The molecule has 2 aliphatic carbocycles. The van der Waals surface area contributed by atoms with Crippen molar-refractivity contribution in [3.8, 4) is 22.3 Å². The van der Waals surface area contributed by atoms with E-state index in [0.717, 1.165) is 17.1 Å². The maximum atomic E-state index is 2.43. The first-order valence-corrected chi connectivity index (χ1v) is 22.2. The molecule has 11 rings (SSSR count). The highest BCUT2D eigenvalue weighted by atomic mass is 15.1. The summed E-state index contributed by atoms with van der Waals surface area (Å²) in [7, 11) is 0. The Morgan fingerprint density at radius 3 is 1.33 bits per heavy atom. The van der Waals surface area contributed by atoms with Gasteiger partial charge in [0, 0.05) is 44.7 Å². The molecular formula is C61H50N2. The van der Waals surface area contributed by atoms with E-state index in [1.54, 1.807) is 0 Å². The molecule has 0 saturated heterocycles. The minimum atomic E-state index is -0.180. The molecule has 0 radical (unpaired) electrons. The molecule has 2 heteroatoms. The molecule has 0 N–H and O–H groups in total. The van der Waals surface area contributed by atoms with Crippen molar-refractivity contribution in [1.82, 2.24) is 0 Å². The lowest BCUT2D eigenvalue weighted by molar-refractivity contribution is 0.660. The van der Waals surface area contributed by atoms with Crippen LogP contribution in [0, 0.1) is 6.92 Å². The predicted molar refractivity (Wildman–Crippen MR) is 269 cm³/mol. The van der Waals surface area contributed by atoms with Crippen LogP contribution < -0.4 is 9.80 Å². The van der Waals surface area contributed by atoms with Crippen molar-refractivity contribution in [3.63, 3.8) is 0 Å². The van der Waals surface area contributed by atoms with Gasteiger partial charge in [-0.15, -0.1) is 0 Å². The Kier molecular flexibility index (Phi) is 9.10. The summed E-state index contributed by atoms with van der Waals surface area (Å²) in [6, 6.07) is 73.6. The largest absolute Gasteiger partial charge is 0.310 e. The second-order valence-corrected chi connectivity index (χ2v) is 18.3. The summed E-state index contributed by atoms with van der Waals surface area (Å²) < 4.78 is 0. The van der Waals surface area contributed by atoms with Crippen LogP contribution in [0.2, 0.25) is 0 Å². The van der Waals surface area contributed by atoms with E-state index < -0.39 is 0 Å². The highest BCUT2D eigenvalue weighted by Gasteiger charge is 2.38. The fourth-order valence-electron chi connectivity index (χ4n) is 10.4. The van der Waals surface area contributed by atoms with Gasteiger partial charge < -0.3 is 9.80 Å². The average molecular weight is 811 g/mol. The Hall–Kier alpha value is -7.42. The molecule has 9 aromatic rings. The summed E-state index contributed by atoms with van der Waals surface area (Å²) in [6.45, 7) is 11.7. The Morgan fingerprint density at radius 1 is 0.349 bits per heavy atom. The SMILES string of the molecule is Cc1cccc(N(c2ccc3c(c2)C(C)(C)c2cc(/C=C/c4ccc5c(c4)C(C)(C)c4cc(N(c6ccccc6)c6ccccc6)ccc4-5)ccc2-3)c2cccc3ccccc23)c1. The molecule has 63 heavy (non-hydrogen) atoms.